The molecule has 0 spiro atoms. The standard InChI is InChI=1S/C13H16BrN3O4/c1-16(10(18)6-21-2)9-5-8(7-3-4-7)11(14)12(15)13(9)17(19)20/h5,7H,3-4,6,15H2,1-2H3. The summed E-state index contributed by atoms with van der Waals surface area (Å²) in [5.41, 5.74) is 6.80. The Labute approximate surface area is 130 Å². The van der Waals surface area contributed by atoms with Crippen LogP contribution in [0.25, 0.3) is 0 Å². The third-order valence-electron chi connectivity index (χ3n) is 3.48. The van der Waals surface area contributed by atoms with Gasteiger partial charge < -0.3 is 15.4 Å². The second-order valence-electron chi connectivity index (χ2n) is 4.98. The van der Waals surface area contributed by atoms with Crippen LogP contribution in [0.5, 0.6) is 0 Å². The monoisotopic (exact) mass is 357 g/mol. The molecular formula is C13H16BrN3O4. The second kappa shape index (κ2) is 5.98. The molecule has 1 amide bonds. The van der Waals surface area contributed by atoms with Crippen molar-refractivity contribution in [2.45, 2.75) is 18.8 Å². The molecule has 1 fully saturated rings. The highest BCUT2D eigenvalue weighted by atomic mass is 79.9. The first-order valence-corrected chi connectivity index (χ1v) is 7.19. The van der Waals surface area contributed by atoms with E-state index in [0.717, 1.165) is 18.4 Å². The van der Waals surface area contributed by atoms with Crippen molar-refractivity contribution in [3.63, 3.8) is 0 Å². The lowest BCUT2D eigenvalue weighted by Gasteiger charge is -2.20. The number of nitro groups is 1. The number of carbonyl (C=O) groups excluding carboxylic acids is 1. The van der Waals surface area contributed by atoms with E-state index >= 15 is 0 Å². The third kappa shape index (κ3) is 3.01. The van der Waals surface area contributed by atoms with E-state index in [1.165, 1.54) is 19.1 Å². The molecule has 21 heavy (non-hydrogen) atoms. The number of methoxy groups -OCH3 is 1. The predicted octanol–water partition coefficient (Wildman–Crippen LogP) is 2.43. The molecule has 0 aliphatic heterocycles. The van der Waals surface area contributed by atoms with E-state index in [2.05, 4.69) is 15.9 Å². The van der Waals surface area contributed by atoms with E-state index in [9.17, 15) is 14.9 Å². The van der Waals surface area contributed by atoms with Crippen molar-refractivity contribution >= 4 is 38.9 Å². The molecule has 1 aromatic carbocycles. The van der Waals surface area contributed by atoms with Crippen LogP contribution in [0, 0.1) is 10.1 Å². The van der Waals surface area contributed by atoms with Gasteiger partial charge in [0.1, 0.15) is 18.0 Å². The summed E-state index contributed by atoms with van der Waals surface area (Å²) in [4.78, 5) is 23.9. The maximum Gasteiger partial charge on any atom is 0.316 e. The number of nitro benzene ring substituents is 1. The predicted molar refractivity (Wildman–Crippen MR) is 82.5 cm³/mol. The molecule has 0 aromatic heterocycles. The van der Waals surface area contributed by atoms with Crippen LogP contribution in [0.4, 0.5) is 17.1 Å². The normalized spacial score (nSPS) is 14.0. The quantitative estimate of drug-likeness (QED) is 0.495. The number of nitrogens with zero attached hydrogens (tertiary/aromatic N) is 2. The minimum atomic E-state index is -0.567. The smallest absolute Gasteiger partial charge is 0.316 e. The highest BCUT2D eigenvalue weighted by Gasteiger charge is 2.33. The van der Waals surface area contributed by atoms with Gasteiger partial charge in [-0.1, -0.05) is 0 Å². The number of ether oxygens (including phenoxy) is 1. The zero-order valence-corrected chi connectivity index (χ0v) is 13.3. The van der Waals surface area contributed by atoms with Crippen molar-refractivity contribution in [2.75, 3.05) is 31.4 Å². The lowest BCUT2D eigenvalue weighted by molar-refractivity contribution is -0.383. The Kier molecular flexibility index (Phi) is 4.48. The summed E-state index contributed by atoms with van der Waals surface area (Å²) in [5, 5.41) is 11.3. The molecule has 1 saturated carbocycles. The first-order chi connectivity index (χ1) is 9.88. The van der Waals surface area contributed by atoms with Crippen molar-refractivity contribution < 1.29 is 14.5 Å². The number of carbonyl (C=O) groups is 1. The fourth-order valence-corrected chi connectivity index (χ4v) is 2.80. The first-order valence-electron chi connectivity index (χ1n) is 6.40. The third-order valence-corrected chi connectivity index (χ3v) is 4.37. The van der Waals surface area contributed by atoms with E-state index in [1.807, 2.05) is 0 Å². The lowest BCUT2D eigenvalue weighted by atomic mass is 10.1. The minimum Gasteiger partial charge on any atom is -0.392 e. The van der Waals surface area contributed by atoms with Crippen LogP contribution in [0.3, 0.4) is 0 Å². The van der Waals surface area contributed by atoms with Crippen molar-refractivity contribution in [3.05, 3.63) is 26.2 Å². The van der Waals surface area contributed by atoms with Gasteiger partial charge in [-0.15, -0.1) is 0 Å². The summed E-state index contributed by atoms with van der Waals surface area (Å²) in [5.74, 6) is -0.0313. The average Bonchev–Trinajstić information content (AvgIpc) is 3.24. The van der Waals surface area contributed by atoms with Gasteiger partial charge in [0.05, 0.1) is 9.40 Å². The van der Waals surface area contributed by atoms with Crippen LogP contribution in [-0.2, 0) is 9.53 Å². The maximum absolute atomic E-state index is 11.9. The molecule has 0 bridgehead atoms. The number of benzene rings is 1. The number of nitrogen functional groups attached to an aromatic ring is 1. The van der Waals surface area contributed by atoms with Crippen molar-refractivity contribution in [3.8, 4) is 0 Å². The SMILES string of the molecule is COCC(=O)N(C)c1cc(C2CC2)c(Br)c(N)c1[N+](=O)[O-]. The molecule has 0 atom stereocenters. The van der Waals surface area contributed by atoms with Gasteiger partial charge in [0.15, 0.2) is 0 Å². The average molecular weight is 358 g/mol. The van der Waals surface area contributed by atoms with E-state index in [-0.39, 0.29) is 29.6 Å². The van der Waals surface area contributed by atoms with Crippen molar-refractivity contribution in [1.82, 2.24) is 0 Å². The summed E-state index contributed by atoms with van der Waals surface area (Å²) in [7, 11) is 2.87. The molecule has 0 saturated heterocycles. The number of halogens is 1. The van der Waals surface area contributed by atoms with E-state index in [1.54, 1.807) is 6.07 Å². The Balaban J connectivity index is 2.56. The molecule has 2 N–H and O–H groups in total. The zero-order chi connectivity index (χ0) is 15.7. The fourth-order valence-electron chi connectivity index (χ4n) is 2.17. The van der Waals surface area contributed by atoms with Gasteiger partial charge in [0.2, 0.25) is 0 Å². The zero-order valence-electron chi connectivity index (χ0n) is 11.8. The van der Waals surface area contributed by atoms with Gasteiger partial charge in [0, 0.05) is 14.2 Å². The van der Waals surface area contributed by atoms with Crippen LogP contribution in [0.2, 0.25) is 0 Å². The first kappa shape index (κ1) is 15.7. The molecule has 1 aromatic rings. The summed E-state index contributed by atoms with van der Waals surface area (Å²) < 4.78 is 5.34. The van der Waals surface area contributed by atoms with E-state index in [4.69, 9.17) is 10.5 Å². The Bertz CT molecular complexity index is 602. The largest absolute Gasteiger partial charge is 0.392 e. The van der Waals surface area contributed by atoms with Crippen LogP contribution in [0.15, 0.2) is 10.5 Å². The van der Waals surface area contributed by atoms with Gasteiger partial charge in [0.25, 0.3) is 5.91 Å². The maximum atomic E-state index is 11.9. The fraction of sp³-hybridized carbons (Fsp3) is 0.462. The summed E-state index contributed by atoms with van der Waals surface area (Å²) >= 11 is 3.33. The molecule has 2 rings (SSSR count). The van der Waals surface area contributed by atoms with Gasteiger partial charge in [-0.3, -0.25) is 14.9 Å². The highest BCUT2D eigenvalue weighted by molar-refractivity contribution is 9.10. The Hall–Kier alpha value is -1.67. The molecule has 0 unspecified atom stereocenters. The number of hydrogen-bond donors (Lipinski definition) is 1. The number of amides is 1. The number of likely N-dealkylation sites (N-methyl/N-ethyl adjacent to an activating group) is 1. The van der Waals surface area contributed by atoms with Crippen LogP contribution in [-0.4, -0.2) is 31.6 Å². The number of rotatable bonds is 5. The van der Waals surface area contributed by atoms with Gasteiger partial charge in [-0.05, 0) is 46.3 Å². The van der Waals surface area contributed by atoms with Crippen LogP contribution >= 0.6 is 15.9 Å². The molecule has 7 nitrogen and oxygen atoms in total. The van der Waals surface area contributed by atoms with Gasteiger partial charge >= 0.3 is 5.69 Å². The lowest BCUT2D eigenvalue weighted by Crippen LogP contribution is -2.30. The Morgan fingerprint density at radius 3 is 2.71 bits per heavy atom. The van der Waals surface area contributed by atoms with Gasteiger partial charge in [-0.2, -0.15) is 0 Å². The summed E-state index contributed by atoms with van der Waals surface area (Å²) in [6.07, 6.45) is 2.04. The number of anilines is 2. The van der Waals surface area contributed by atoms with Crippen molar-refractivity contribution in [1.29, 1.82) is 0 Å². The summed E-state index contributed by atoms with van der Waals surface area (Å²) in [6, 6.07) is 1.67. The Morgan fingerprint density at radius 2 is 2.24 bits per heavy atom. The molecule has 8 heteroatoms. The molecule has 1 aliphatic carbocycles. The topological polar surface area (TPSA) is 98.7 Å². The molecule has 0 radical (unpaired) electrons. The number of hydrogen-bond acceptors (Lipinski definition) is 5. The molecular weight excluding hydrogens is 342 g/mol. The second-order valence-corrected chi connectivity index (χ2v) is 5.77. The molecule has 114 valence electrons. The van der Waals surface area contributed by atoms with Crippen LogP contribution in [0.1, 0.15) is 24.3 Å². The molecule has 0 heterocycles. The summed E-state index contributed by atoms with van der Waals surface area (Å²) in [6.45, 7) is -0.150. The highest BCUT2D eigenvalue weighted by Crippen LogP contribution is 2.49. The van der Waals surface area contributed by atoms with Crippen molar-refractivity contribution in [2.24, 2.45) is 0 Å². The minimum absolute atomic E-state index is 0.0523. The Morgan fingerprint density at radius 1 is 1.62 bits per heavy atom. The number of nitrogens with two attached hydrogens (primary N) is 1. The van der Waals surface area contributed by atoms with E-state index < -0.39 is 4.92 Å². The molecule has 1 aliphatic rings. The van der Waals surface area contributed by atoms with Gasteiger partial charge in [-0.25, -0.2) is 0 Å². The van der Waals surface area contributed by atoms with Crippen LogP contribution < -0.4 is 10.6 Å². The van der Waals surface area contributed by atoms with E-state index in [0.29, 0.717) is 10.4 Å².